The number of aliphatic carboxylic acids is 1. The summed E-state index contributed by atoms with van der Waals surface area (Å²) in [6, 6.07) is 0.392. The molecule has 0 aromatic carbocycles. The highest BCUT2D eigenvalue weighted by Gasteiger charge is 2.38. The van der Waals surface area contributed by atoms with E-state index in [1.54, 1.807) is 6.33 Å². The molecule has 3 rings (SSSR count). The van der Waals surface area contributed by atoms with Crippen LogP contribution in [0.25, 0.3) is 11.2 Å². The highest BCUT2D eigenvalue weighted by atomic mass is 19.4. The van der Waals surface area contributed by atoms with Gasteiger partial charge in [0.2, 0.25) is 5.95 Å². The molecule has 1 fully saturated rings. The summed E-state index contributed by atoms with van der Waals surface area (Å²) in [5.74, 6) is -2.23. The molecule has 0 saturated carbocycles. The normalized spacial score (nSPS) is 15.0. The van der Waals surface area contributed by atoms with Gasteiger partial charge in [-0.3, -0.25) is 0 Å². The van der Waals surface area contributed by atoms with Gasteiger partial charge in [0.1, 0.15) is 5.52 Å². The number of nitrogens with one attached hydrogen (secondary N) is 1. The van der Waals surface area contributed by atoms with Gasteiger partial charge in [-0.25, -0.2) is 9.78 Å². The fourth-order valence-corrected chi connectivity index (χ4v) is 1.69. The van der Waals surface area contributed by atoms with Crippen LogP contribution < -0.4 is 16.8 Å². The number of anilines is 2. The quantitative estimate of drug-likeness (QED) is 0.564. The predicted molar refractivity (Wildman–Crippen MR) is 69.7 cm³/mol. The van der Waals surface area contributed by atoms with Crippen LogP contribution in [0, 0.1) is 0 Å². The topological polar surface area (TPSA) is 145 Å². The number of aromatic nitrogens is 4. The number of fused-ring (bicyclic) bond motifs is 1. The van der Waals surface area contributed by atoms with Crippen molar-refractivity contribution in [2.24, 2.45) is 0 Å². The van der Waals surface area contributed by atoms with Gasteiger partial charge in [-0.05, 0) is 0 Å². The number of carboxylic acid groups (broad SMARTS) is 1. The van der Waals surface area contributed by atoms with Gasteiger partial charge in [0.25, 0.3) is 0 Å². The Morgan fingerprint density at radius 3 is 2.41 bits per heavy atom. The van der Waals surface area contributed by atoms with Gasteiger partial charge in [0.05, 0.1) is 12.4 Å². The number of halogens is 3. The first-order valence-corrected chi connectivity index (χ1v) is 5.96. The van der Waals surface area contributed by atoms with Crippen molar-refractivity contribution in [2.75, 3.05) is 24.6 Å². The van der Waals surface area contributed by atoms with Gasteiger partial charge in [-0.2, -0.15) is 23.1 Å². The molecule has 0 bridgehead atoms. The third-order valence-electron chi connectivity index (χ3n) is 2.86. The molecule has 1 aliphatic rings. The molecule has 0 spiro atoms. The second-order valence-electron chi connectivity index (χ2n) is 4.41. The van der Waals surface area contributed by atoms with Crippen molar-refractivity contribution in [1.82, 2.24) is 24.8 Å². The maximum absolute atomic E-state index is 10.6. The van der Waals surface area contributed by atoms with E-state index in [1.165, 1.54) is 0 Å². The molecule has 0 atom stereocenters. The van der Waals surface area contributed by atoms with E-state index in [0.29, 0.717) is 23.0 Å². The van der Waals surface area contributed by atoms with Gasteiger partial charge < -0.3 is 26.5 Å². The van der Waals surface area contributed by atoms with E-state index >= 15 is 0 Å². The molecular formula is C10H12F3N7O2. The molecule has 1 aliphatic heterocycles. The number of hydrogen-bond donors (Lipinski definition) is 4. The average Bonchev–Trinajstić information content (AvgIpc) is 2.70. The Bertz CT molecular complexity index is 696. The van der Waals surface area contributed by atoms with Gasteiger partial charge in [-0.15, -0.1) is 0 Å². The molecule has 1 saturated heterocycles. The number of rotatable bonds is 1. The van der Waals surface area contributed by atoms with E-state index in [9.17, 15) is 13.2 Å². The summed E-state index contributed by atoms with van der Waals surface area (Å²) in [6.45, 7) is 1.85. The van der Waals surface area contributed by atoms with Gasteiger partial charge >= 0.3 is 12.1 Å². The summed E-state index contributed by atoms with van der Waals surface area (Å²) < 4.78 is 33.7. The Kier molecular flexibility index (Phi) is 4.03. The molecule has 0 aliphatic carbocycles. The van der Waals surface area contributed by atoms with Gasteiger partial charge in [0, 0.05) is 13.1 Å². The minimum Gasteiger partial charge on any atom is -0.475 e. The smallest absolute Gasteiger partial charge is 0.475 e. The second kappa shape index (κ2) is 5.63. The zero-order chi connectivity index (χ0) is 16.5. The van der Waals surface area contributed by atoms with Crippen molar-refractivity contribution in [3.63, 3.8) is 0 Å². The van der Waals surface area contributed by atoms with Crippen LogP contribution in [0.1, 0.15) is 6.04 Å². The summed E-state index contributed by atoms with van der Waals surface area (Å²) >= 11 is 0. The highest BCUT2D eigenvalue weighted by Crippen LogP contribution is 2.22. The zero-order valence-electron chi connectivity index (χ0n) is 11.0. The maximum atomic E-state index is 10.6. The molecule has 3 heterocycles. The Morgan fingerprint density at radius 2 is 1.95 bits per heavy atom. The Labute approximate surface area is 121 Å². The minimum atomic E-state index is -5.08. The lowest BCUT2D eigenvalue weighted by Crippen LogP contribution is -2.43. The fraction of sp³-hybridized carbons (Fsp3) is 0.400. The predicted octanol–water partition coefficient (Wildman–Crippen LogP) is -0.232. The molecular weight excluding hydrogens is 307 g/mol. The minimum absolute atomic E-state index is 0.189. The molecule has 0 unspecified atom stereocenters. The first-order valence-electron chi connectivity index (χ1n) is 5.96. The van der Waals surface area contributed by atoms with Crippen LogP contribution in [-0.4, -0.2) is 49.9 Å². The van der Waals surface area contributed by atoms with Crippen LogP contribution >= 0.6 is 0 Å². The largest absolute Gasteiger partial charge is 0.490 e. The Morgan fingerprint density at radius 1 is 1.36 bits per heavy atom. The molecule has 22 heavy (non-hydrogen) atoms. The van der Waals surface area contributed by atoms with Crippen LogP contribution in [0.2, 0.25) is 0 Å². The van der Waals surface area contributed by atoms with Crippen molar-refractivity contribution in [1.29, 1.82) is 0 Å². The standard InChI is InChI=1S/C8H11N7.C2HF3O2/c9-6-5-7(14-8(10)13-6)15(3-12-5)4-1-11-2-4;3-2(4,5)1(6)7/h3-4,11H,1-2H2,(H4,9,10,13,14);(H,6,7). The number of carbonyl (C=O) groups is 1. The number of alkyl halides is 3. The van der Waals surface area contributed by atoms with Crippen molar-refractivity contribution in [3.05, 3.63) is 6.33 Å². The van der Waals surface area contributed by atoms with Crippen molar-refractivity contribution >= 4 is 28.9 Å². The van der Waals surface area contributed by atoms with E-state index in [0.717, 1.165) is 13.1 Å². The van der Waals surface area contributed by atoms with Crippen LogP contribution in [0.5, 0.6) is 0 Å². The molecule has 6 N–H and O–H groups in total. The second-order valence-corrected chi connectivity index (χ2v) is 4.41. The molecule has 120 valence electrons. The first-order chi connectivity index (χ1) is 10.2. The van der Waals surface area contributed by atoms with E-state index in [-0.39, 0.29) is 5.95 Å². The summed E-state index contributed by atoms with van der Waals surface area (Å²) in [4.78, 5) is 21.1. The summed E-state index contributed by atoms with van der Waals surface area (Å²) in [7, 11) is 0. The average molecular weight is 319 g/mol. The Hall–Kier alpha value is -2.63. The monoisotopic (exact) mass is 319 g/mol. The van der Waals surface area contributed by atoms with Gasteiger partial charge in [-0.1, -0.05) is 0 Å². The summed E-state index contributed by atoms with van der Waals surface area (Å²) in [6.07, 6.45) is -3.35. The van der Waals surface area contributed by atoms with Gasteiger partial charge in [0.15, 0.2) is 11.5 Å². The molecule has 2 aromatic rings. The SMILES string of the molecule is Nc1nc(N)c2ncn(C3CNC3)c2n1.O=C(O)C(F)(F)F. The fourth-order valence-electron chi connectivity index (χ4n) is 1.69. The number of nitrogen functional groups attached to an aromatic ring is 2. The maximum Gasteiger partial charge on any atom is 0.490 e. The molecule has 2 aromatic heterocycles. The Balaban J connectivity index is 0.000000217. The molecule has 12 heteroatoms. The number of imidazole rings is 1. The van der Waals surface area contributed by atoms with Crippen LogP contribution in [-0.2, 0) is 4.79 Å². The summed E-state index contributed by atoms with van der Waals surface area (Å²) in [5.41, 5.74) is 12.6. The lowest BCUT2D eigenvalue weighted by Gasteiger charge is -2.28. The first kappa shape index (κ1) is 15.8. The van der Waals surface area contributed by atoms with Crippen molar-refractivity contribution in [3.8, 4) is 0 Å². The summed E-state index contributed by atoms with van der Waals surface area (Å²) in [5, 5.41) is 10.3. The number of nitrogens with two attached hydrogens (primary N) is 2. The number of carboxylic acids is 1. The zero-order valence-corrected chi connectivity index (χ0v) is 11.0. The third-order valence-corrected chi connectivity index (χ3v) is 2.86. The van der Waals surface area contributed by atoms with Crippen molar-refractivity contribution < 1.29 is 23.1 Å². The molecule has 9 nitrogen and oxygen atoms in total. The molecule has 0 radical (unpaired) electrons. The lowest BCUT2D eigenvalue weighted by atomic mass is 10.2. The van der Waals surface area contributed by atoms with Crippen LogP contribution in [0.15, 0.2) is 6.33 Å². The van der Waals surface area contributed by atoms with E-state index < -0.39 is 12.1 Å². The number of nitrogens with zero attached hydrogens (tertiary/aromatic N) is 4. The van der Waals surface area contributed by atoms with E-state index in [2.05, 4.69) is 20.3 Å². The molecule has 0 amide bonds. The lowest BCUT2D eigenvalue weighted by molar-refractivity contribution is -0.192. The third kappa shape index (κ3) is 3.16. The van der Waals surface area contributed by atoms with E-state index in [4.69, 9.17) is 21.4 Å². The van der Waals surface area contributed by atoms with Crippen LogP contribution in [0.3, 0.4) is 0 Å². The van der Waals surface area contributed by atoms with Crippen LogP contribution in [0.4, 0.5) is 24.9 Å². The van der Waals surface area contributed by atoms with E-state index in [1.807, 2.05) is 4.57 Å². The number of hydrogen-bond acceptors (Lipinski definition) is 7. The highest BCUT2D eigenvalue weighted by molar-refractivity contribution is 5.82. The van der Waals surface area contributed by atoms with Crippen molar-refractivity contribution in [2.45, 2.75) is 12.2 Å².